The average Bonchev–Trinajstić information content (AvgIpc) is 3.41. The van der Waals surface area contributed by atoms with Crippen molar-refractivity contribution in [2.75, 3.05) is 13.1 Å². The fourth-order valence-electron chi connectivity index (χ4n) is 2.43. The Morgan fingerprint density at radius 1 is 1.08 bits per heavy atom. The molecule has 1 aromatic heterocycles. The molecule has 0 aliphatic heterocycles. The summed E-state index contributed by atoms with van der Waals surface area (Å²) in [4.78, 5) is 47.6. The summed E-state index contributed by atoms with van der Waals surface area (Å²) in [5, 5.41) is 8.30. The standard InChI is InChI=1S/C16H18N4O4/c21-13(17-7-8-18-14(22)10-5-6-10)9-20-16(24)12-4-2-1-3-11(12)15(23)19-20/h1-4,10H,5-9H2,(H,17,21)(H,18,22)(H,19,23). The van der Waals surface area contributed by atoms with Crippen LogP contribution in [-0.2, 0) is 16.1 Å². The fraction of sp³-hybridized carbons (Fsp3) is 0.375. The minimum atomic E-state index is -0.428. The van der Waals surface area contributed by atoms with E-state index in [2.05, 4.69) is 15.7 Å². The summed E-state index contributed by atoms with van der Waals surface area (Å²) >= 11 is 0. The molecule has 8 heteroatoms. The van der Waals surface area contributed by atoms with E-state index in [0.717, 1.165) is 17.5 Å². The van der Waals surface area contributed by atoms with Crippen LogP contribution in [0.3, 0.4) is 0 Å². The molecule has 126 valence electrons. The van der Waals surface area contributed by atoms with Gasteiger partial charge in [-0.25, -0.2) is 4.68 Å². The van der Waals surface area contributed by atoms with Crippen LogP contribution < -0.4 is 21.8 Å². The van der Waals surface area contributed by atoms with Gasteiger partial charge in [0.15, 0.2) is 0 Å². The average molecular weight is 330 g/mol. The molecule has 0 bridgehead atoms. The van der Waals surface area contributed by atoms with Crippen LogP contribution >= 0.6 is 0 Å². The molecule has 1 fully saturated rings. The van der Waals surface area contributed by atoms with Crippen molar-refractivity contribution >= 4 is 22.6 Å². The highest BCUT2D eigenvalue weighted by Gasteiger charge is 2.28. The number of nitrogens with zero attached hydrogens (tertiary/aromatic N) is 1. The van der Waals surface area contributed by atoms with E-state index in [1.54, 1.807) is 24.3 Å². The topological polar surface area (TPSA) is 113 Å². The lowest BCUT2D eigenvalue weighted by molar-refractivity contribution is -0.123. The van der Waals surface area contributed by atoms with Gasteiger partial charge in [0.1, 0.15) is 6.54 Å². The normalized spacial score (nSPS) is 13.7. The summed E-state index contributed by atoms with van der Waals surface area (Å²) in [5.74, 6) is -0.273. The predicted molar refractivity (Wildman–Crippen MR) is 87.6 cm³/mol. The van der Waals surface area contributed by atoms with Crippen molar-refractivity contribution in [1.29, 1.82) is 0 Å². The van der Waals surface area contributed by atoms with Gasteiger partial charge in [0.25, 0.3) is 11.1 Å². The van der Waals surface area contributed by atoms with E-state index in [9.17, 15) is 19.2 Å². The van der Waals surface area contributed by atoms with Gasteiger partial charge in [0.05, 0.1) is 10.8 Å². The third-order valence-electron chi connectivity index (χ3n) is 3.88. The van der Waals surface area contributed by atoms with E-state index in [4.69, 9.17) is 0 Å². The first-order valence-corrected chi connectivity index (χ1v) is 7.82. The number of aromatic amines is 1. The Morgan fingerprint density at radius 2 is 1.75 bits per heavy atom. The molecule has 2 aromatic rings. The summed E-state index contributed by atoms with van der Waals surface area (Å²) in [7, 11) is 0. The molecule has 0 saturated heterocycles. The quantitative estimate of drug-likeness (QED) is 0.610. The fourth-order valence-corrected chi connectivity index (χ4v) is 2.43. The van der Waals surface area contributed by atoms with Crippen molar-refractivity contribution in [3.05, 3.63) is 45.0 Å². The van der Waals surface area contributed by atoms with Crippen LogP contribution in [0, 0.1) is 5.92 Å². The van der Waals surface area contributed by atoms with Gasteiger partial charge in [-0.1, -0.05) is 12.1 Å². The molecule has 1 aliphatic rings. The zero-order chi connectivity index (χ0) is 17.1. The van der Waals surface area contributed by atoms with Crippen molar-refractivity contribution < 1.29 is 9.59 Å². The maximum Gasteiger partial charge on any atom is 0.273 e. The largest absolute Gasteiger partial charge is 0.354 e. The first-order chi connectivity index (χ1) is 11.6. The number of benzene rings is 1. The Balaban J connectivity index is 1.59. The number of hydrogen-bond donors (Lipinski definition) is 3. The highest BCUT2D eigenvalue weighted by atomic mass is 16.2. The molecule has 0 radical (unpaired) electrons. The molecule has 8 nitrogen and oxygen atoms in total. The van der Waals surface area contributed by atoms with Crippen molar-refractivity contribution in [1.82, 2.24) is 20.4 Å². The summed E-state index contributed by atoms with van der Waals surface area (Å²) < 4.78 is 0.989. The van der Waals surface area contributed by atoms with Crippen LogP contribution in [0.1, 0.15) is 12.8 Å². The number of H-pyrrole nitrogens is 1. The Bertz CT molecular complexity index is 895. The van der Waals surface area contributed by atoms with Gasteiger partial charge in [-0.15, -0.1) is 0 Å². The monoisotopic (exact) mass is 330 g/mol. The highest BCUT2D eigenvalue weighted by Crippen LogP contribution is 2.28. The van der Waals surface area contributed by atoms with Gasteiger partial charge in [0, 0.05) is 19.0 Å². The van der Waals surface area contributed by atoms with E-state index in [1.165, 1.54) is 0 Å². The Labute approximate surface area is 136 Å². The lowest BCUT2D eigenvalue weighted by Gasteiger charge is -2.09. The number of carbonyl (C=O) groups is 2. The molecule has 0 spiro atoms. The smallest absolute Gasteiger partial charge is 0.273 e. The molecule has 0 atom stereocenters. The first kappa shape index (κ1) is 16.0. The highest BCUT2D eigenvalue weighted by molar-refractivity contribution is 5.81. The molecule has 2 amide bonds. The minimum absolute atomic E-state index is 0.0133. The maximum atomic E-state index is 12.3. The van der Waals surface area contributed by atoms with Crippen LogP contribution in [0.2, 0.25) is 0 Å². The van der Waals surface area contributed by atoms with Crippen LogP contribution in [0.4, 0.5) is 0 Å². The van der Waals surface area contributed by atoms with E-state index in [0.29, 0.717) is 11.9 Å². The minimum Gasteiger partial charge on any atom is -0.354 e. The SMILES string of the molecule is O=C(Cn1[nH]c(=O)c2ccccc2c1=O)NCCNC(=O)C1CC1. The molecule has 3 N–H and O–H groups in total. The molecule has 1 aliphatic carbocycles. The van der Waals surface area contributed by atoms with Crippen LogP contribution in [-0.4, -0.2) is 34.7 Å². The third-order valence-corrected chi connectivity index (χ3v) is 3.88. The molecule has 0 unspecified atom stereocenters. The zero-order valence-corrected chi connectivity index (χ0v) is 13.0. The summed E-state index contributed by atoms with van der Waals surface area (Å²) in [6.07, 6.45) is 1.85. The lowest BCUT2D eigenvalue weighted by atomic mass is 10.2. The molecule has 1 saturated carbocycles. The molecule has 3 rings (SSSR count). The Hall–Kier alpha value is -2.90. The van der Waals surface area contributed by atoms with Gasteiger partial charge < -0.3 is 10.6 Å². The molecular formula is C16H18N4O4. The van der Waals surface area contributed by atoms with Crippen LogP contribution in [0.15, 0.2) is 33.9 Å². The second-order valence-electron chi connectivity index (χ2n) is 5.79. The molecule has 24 heavy (non-hydrogen) atoms. The number of nitrogens with one attached hydrogen (secondary N) is 3. The number of hydrogen-bond acceptors (Lipinski definition) is 4. The van der Waals surface area contributed by atoms with Gasteiger partial charge >= 0.3 is 0 Å². The number of carbonyl (C=O) groups excluding carboxylic acids is 2. The molecule has 1 heterocycles. The summed E-state index contributed by atoms with van der Waals surface area (Å²) in [5.41, 5.74) is -0.850. The Kier molecular flexibility index (Phi) is 4.45. The van der Waals surface area contributed by atoms with Crippen molar-refractivity contribution in [2.45, 2.75) is 19.4 Å². The van der Waals surface area contributed by atoms with Gasteiger partial charge in [0.2, 0.25) is 11.8 Å². The molecular weight excluding hydrogens is 312 g/mol. The summed E-state index contributed by atoms with van der Waals surface area (Å²) in [6, 6.07) is 6.44. The zero-order valence-electron chi connectivity index (χ0n) is 13.0. The van der Waals surface area contributed by atoms with E-state index in [-0.39, 0.29) is 30.3 Å². The van der Waals surface area contributed by atoms with E-state index in [1.807, 2.05) is 0 Å². The van der Waals surface area contributed by atoms with Crippen molar-refractivity contribution in [3.8, 4) is 0 Å². The van der Waals surface area contributed by atoms with E-state index < -0.39 is 17.0 Å². The van der Waals surface area contributed by atoms with Gasteiger partial charge in [-0.3, -0.25) is 24.3 Å². The number of rotatable bonds is 6. The molecule has 1 aromatic carbocycles. The summed E-state index contributed by atoms with van der Waals surface area (Å²) in [6.45, 7) is 0.323. The van der Waals surface area contributed by atoms with Crippen LogP contribution in [0.5, 0.6) is 0 Å². The van der Waals surface area contributed by atoms with Crippen LogP contribution in [0.25, 0.3) is 10.8 Å². The predicted octanol–water partition coefficient (Wildman–Crippen LogP) is -0.668. The van der Waals surface area contributed by atoms with E-state index >= 15 is 0 Å². The number of fused-ring (bicyclic) bond motifs is 1. The van der Waals surface area contributed by atoms with Gasteiger partial charge in [-0.05, 0) is 25.0 Å². The van der Waals surface area contributed by atoms with Gasteiger partial charge in [-0.2, -0.15) is 0 Å². The number of amides is 2. The first-order valence-electron chi connectivity index (χ1n) is 7.82. The van der Waals surface area contributed by atoms with Crippen molar-refractivity contribution in [3.63, 3.8) is 0 Å². The third kappa shape index (κ3) is 3.53. The number of aromatic nitrogens is 2. The second kappa shape index (κ2) is 6.69. The second-order valence-corrected chi connectivity index (χ2v) is 5.79. The Morgan fingerprint density at radius 3 is 2.46 bits per heavy atom. The van der Waals surface area contributed by atoms with Crippen molar-refractivity contribution in [2.24, 2.45) is 5.92 Å². The lowest BCUT2D eigenvalue weighted by Crippen LogP contribution is -2.39. The maximum absolute atomic E-state index is 12.3.